The quantitative estimate of drug-likeness (QED) is 0.845. The zero-order valence-electron chi connectivity index (χ0n) is 10.0. The van der Waals surface area contributed by atoms with Gasteiger partial charge in [0.25, 0.3) is 0 Å². The lowest BCUT2D eigenvalue weighted by atomic mass is 10.1. The van der Waals surface area contributed by atoms with Gasteiger partial charge in [-0.25, -0.2) is 0 Å². The molecule has 1 atom stereocenters. The Bertz CT molecular complexity index is 409. The molecule has 0 N–H and O–H groups in total. The molecule has 0 saturated heterocycles. The molecule has 5 heteroatoms. The molecule has 0 aliphatic heterocycles. The van der Waals surface area contributed by atoms with Crippen LogP contribution in [0.1, 0.15) is 18.5 Å². The zero-order valence-corrected chi connectivity index (χ0v) is 11.5. The van der Waals surface area contributed by atoms with Gasteiger partial charge in [0.2, 0.25) is 5.91 Å². The Labute approximate surface area is 111 Å². The molecule has 1 rings (SSSR count). The number of nitrogens with zero attached hydrogens (tertiary/aromatic N) is 1. The lowest BCUT2D eigenvalue weighted by Crippen LogP contribution is -2.32. The molecular weight excluding hydrogens is 261 g/mol. The molecule has 17 heavy (non-hydrogen) atoms. The molecule has 3 nitrogen and oxygen atoms in total. The lowest BCUT2D eigenvalue weighted by molar-refractivity contribution is -0.135. The maximum absolute atomic E-state index is 11.7. The topological polar surface area (TPSA) is 29.5 Å². The third-order valence-corrected chi connectivity index (χ3v) is 3.22. The Hall–Kier alpha value is -0.770. The van der Waals surface area contributed by atoms with Crippen molar-refractivity contribution in [3.05, 3.63) is 33.8 Å². The van der Waals surface area contributed by atoms with Crippen LogP contribution in [0, 0.1) is 0 Å². The van der Waals surface area contributed by atoms with Crippen molar-refractivity contribution in [3.63, 3.8) is 0 Å². The number of ether oxygens (including phenoxy) is 1. The average Bonchev–Trinajstić information content (AvgIpc) is 2.27. The molecule has 94 valence electrons. The number of halogens is 2. The largest absolute Gasteiger partial charge is 0.375 e. The standard InChI is InChI=1S/C12H15Cl2NO2/c1-8(15(2)12(16)7-17-3)10-5-4-9(13)6-11(10)14/h4-6,8H,7H2,1-3H3. The summed E-state index contributed by atoms with van der Waals surface area (Å²) >= 11 is 11.9. The molecule has 0 spiro atoms. The van der Waals surface area contributed by atoms with Crippen LogP contribution in [0.2, 0.25) is 10.0 Å². The second-order valence-corrected chi connectivity index (χ2v) is 4.62. The minimum atomic E-state index is -0.123. The van der Waals surface area contributed by atoms with E-state index in [9.17, 15) is 4.79 Å². The summed E-state index contributed by atoms with van der Waals surface area (Å²) in [5, 5.41) is 1.14. The van der Waals surface area contributed by atoms with Gasteiger partial charge in [-0.3, -0.25) is 4.79 Å². The first-order chi connectivity index (χ1) is 7.97. The van der Waals surface area contributed by atoms with E-state index in [1.807, 2.05) is 13.0 Å². The molecule has 1 amide bonds. The normalized spacial score (nSPS) is 12.3. The molecule has 0 heterocycles. The van der Waals surface area contributed by atoms with Gasteiger partial charge in [-0.15, -0.1) is 0 Å². The second kappa shape index (κ2) is 6.24. The molecule has 0 aliphatic rings. The summed E-state index contributed by atoms with van der Waals surface area (Å²) in [5.74, 6) is -0.0917. The molecule has 0 fully saturated rings. The van der Waals surface area contributed by atoms with Crippen molar-refractivity contribution in [1.82, 2.24) is 4.90 Å². The minimum Gasteiger partial charge on any atom is -0.375 e. The number of rotatable bonds is 4. The van der Waals surface area contributed by atoms with E-state index in [1.54, 1.807) is 24.1 Å². The fourth-order valence-corrected chi connectivity index (χ4v) is 2.06. The van der Waals surface area contributed by atoms with E-state index in [0.717, 1.165) is 5.56 Å². The van der Waals surface area contributed by atoms with Crippen LogP contribution in [-0.2, 0) is 9.53 Å². The van der Waals surface area contributed by atoms with Crippen LogP contribution in [0.5, 0.6) is 0 Å². The molecule has 0 bridgehead atoms. The third-order valence-electron chi connectivity index (χ3n) is 2.65. The second-order valence-electron chi connectivity index (χ2n) is 3.78. The number of carbonyl (C=O) groups is 1. The average molecular weight is 276 g/mol. The van der Waals surface area contributed by atoms with Gasteiger partial charge in [0.05, 0.1) is 6.04 Å². The number of methoxy groups -OCH3 is 1. The molecule has 1 unspecified atom stereocenters. The molecule has 1 aromatic carbocycles. The highest BCUT2D eigenvalue weighted by molar-refractivity contribution is 6.35. The fraction of sp³-hybridized carbons (Fsp3) is 0.417. The van der Waals surface area contributed by atoms with Crippen molar-refractivity contribution in [2.45, 2.75) is 13.0 Å². The van der Waals surface area contributed by atoms with E-state index in [1.165, 1.54) is 7.11 Å². The molecule has 0 aliphatic carbocycles. The van der Waals surface area contributed by atoms with Crippen molar-refractivity contribution in [3.8, 4) is 0 Å². The number of hydrogen-bond acceptors (Lipinski definition) is 2. The van der Waals surface area contributed by atoms with E-state index in [2.05, 4.69) is 0 Å². The predicted octanol–water partition coefficient (Wildman–Crippen LogP) is 3.16. The van der Waals surface area contributed by atoms with Crippen molar-refractivity contribution in [2.75, 3.05) is 20.8 Å². The van der Waals surface area contributed by atoms with Gasteiger partial charge in [0, 0.05) is 24.2 Å². The van der Waals surface area contributed by atoms with Crippen LogP contribution in [0.15, 0.2) is 18.2 Å². The first-order valence-electron chi connectivity index (χ1n) is 5.17. The van der Waals surface area contributed by atoms with Crippen LogP contribution in [0.25, 0.3) is 0 Å². The Morgan fingerprint density at radius 2 is 2.12 bits per heavy atom. The van der Waals surface area contributed by atoms with Crippen LogP contribution in [0.4, 0.5) is 0 Å². The molecular formula is C12H15Cl2NO2. The first kappa shape index (κ1) is 14.3. The first-order valence-corrected chi connectivity index (χ1v) is 5.92. The number of likely N-dealkylation sites (N-methyl/N-ethyl adjacent to an activating group) is 1. The van der Waals surface area contributed by atoms with Crippen molar-refractivity contribution in [2.24, 2.45) is 0 Å². The molecule has 0 aromatic heterocycles. The van der Waals surface area contributed by atoms with E-state index in [-0.39, 0.29) is 18.6 Å². The maximum Gasteiger partial charge on any atom is 0.248 e. The summed E-state index contributed by atoms with van der Waals surface area (Å²) in [7, 11) is 3.21. The zero-order chi connectivity index (χ0) is 13.0. The summed E-state index contributed by atoms with van der Waals surface area (Å²) in [4.78, 5) is 13.3. The summed E-state index contributed by atoms with van der Waals surface area (Å²) in [6.07, 6.45) is 0. The van der Waals surface area contributed by atoms with E-state index in [4.69, 9.17) is 27.9 Å². The third kappa shape index (κ3) is 3.60. The summed E-state index contributed by atoms with van der Waals surface area (Å²) < 4.78 is 4.81. The highest BCUT2D eigenvalue weighted by atomic mass is 35.5. The Morgan fingerprint density at radius 3 is 2.65 bits per heavy atom. The van der Waals surface area contributed by atoms with Crippen LogP contribution in [0.3, 0.4) is 0 Å². The Morgan fingerprint density at radius 1 is 1.47 bits per heavy atom. The fourth-order valence-electron chi connectivity index (χ4n) is 1.49. The van der Waals surface area contributed by atoms with Crippen LogP contribution in [-0.4, -0.2) is 31.6 Å². The highest BCUT2D eigenvalue weighted by Crippen LogP contribution is 2.28. The summed E-state index contributed by atoms with van der Waals surface area (Å²) in [5.41, 5.74) is 0.864. The van der Waals surface area contributed by atoms with Crippen LogP contribution < -0.4 is 0 Å². The van der Waals surface area contributed by atoms with Crippen molar-refractivity contribution >= 4 is 29.1 Å². The smallest absolute Gasteiger partial charge is 0.248 e. The van der Waals surface area contributed by atoms with E-state index >= 15 is 0 Å². The summed E-state index contributed by atoms with van der Waals surface area (Å²) in [6.45, 7) is 1.97. The monoisotopic (exact) mass is 275 g/mol. The number of benzene rings is 1. The van der Waals surface area contributed by atoms with Gasteiger partial charge < -0.3 is 9.64 Å². The van der Waals surface area contributed by atoms with Gasteiger partial charge in [-0.2, -0.15) is 0 Å². The summed E-state index contributed by atoms with van der Waals surface area (Å²) in [6, 6.07) is 5.13. The van der Waals surface area contributed by atoms with Gasteiger partial charge >= 0.3 is 0 Å². The molecule has 0 saturated carbocycles. The minimum absolute atomic E-state index is 0.0616. The van der Waals surface area contributed by atoms with Gasteiger partial charge in [0.1, 0.15) is 6.61 Å². The number of amides is 1. The van der Waals surface area contributed by atoms with Crippen molar-refractivity contribution < 1.29 is 9.53 Å². The maximum atomic E-state index is 11.7. The van der Waals surface area contributed by atoms with E-state index < -0.39 is 0 Å². The lowest BCUT2D eigenvalue weighted by Gasteiger charge is -2.25. The molecule has 0 radical (unpaired) electrons. The van der Waals surface area contributed by atoms with Gasteiger partial charge in [-0.1, -0.05) is 29.3 Å². The van der Waals surface area contributed by atoms with Gasteiger partial charge in [-0.05, 0) is 24.6 Å². The van der Waals surface area contributed by atoms with E-state index in [0.29, 0.717) is 10.0 Å². The molecule has 1 aromatic rings. The number of carbonyl (C=O) groups excluding carboxylic acids is 1. The predicted molar refractivity (Wildman–Crippen MR) is 69.5 cm³/mol. The van der Waals surface area contributed by atoms with Crippen LogP contribution >= 0.6 is 23.2 Å². The number of hydrogen-bond donors (Lipinski definition) is 0. The van der Waals surface area contributed by atoms with Crippen molar-refractivity contribution in [1.29, 1.82) is 0 Å². The SMILES string of the molecule is COCC(=O)N(C)C(C)c1ccc(Cl)cc1Cl. The Balaban J connectivity index is 2.88. The highest BCUT2D eigenvalue weighted by Gasteiger charge is 2.19. The van der Waals surface area contributed by atoms with Gasteiger partial charge in [0.15, 0.2) is 0 Å². The Kier molecular flexibility index (Phi) is 5.25.